The highest BCUT2D eigenvalue weighted by Crippen LogP contribution is 2.32. The number of hydrogen-bond donors (Lipinski definition) is 0. The number of esters is 1. The lowest BCUT2D eigenvalue weighted by molar-refractivity contribution is 0.0594. The topological polar surface area (TPSA) is 39.2 Å². The Hall–Kier alpha value is -0.650. The highest BCUT2D eigenvalue weighted by Gasteiger charge is 2.13. The van der Waals surface area contributed by atoms with Gasteiger partial charge in [-0.2, -0.15) is 0 Å². The van der Waals surface area contributed by atoms with Crippen LogP contribution in [0.2, 0.25) is 5.02 Å². The first-order valence-electron chi connectivity index (χ1n) is 4.56. The smallest absolute Gasteiger partial charge is 0.356 e. The van der Waals surface area contributed by atoms with E-state index >= 15 is 0 Å². The summed E-state index contributed by atoms with van der Waals surface area (Å²) in [6, 6.07) is 5.18. The number of methoxy groups -OCH3 is 1. The van der Waals surface area contributed by atoms with Crippen molar-refractivity contribution >= 4 is 60.3 Å². The minimum Gasteiger partial charge on any atom is -0.464 e. The van der Waals surface area contributed by atoms with Crippen LogP contribution in [0.15, 0.2) is 27.1 Å². The van der Waals surface area contributed by atoms with Crippen LogP contribution in [0.4, 0.5) is 0 Å². The molecule has 0 amide bonds. The molecule has 1 heterocycles. The summed E-state index contributed by atoms with van der Waals surface area (Å²) >= 11 is 12.9. The van der Waals surface area contributed by atoms with Gasteiger partial charge >= 0.3 is 5.97 Å². The van der Waals surface area contributed by atoms with Crippen LogP contribution < -0.4 is 0 Å². The summed E-state index contributed by atoms with van der Waals surface area (Å²) in [6.45, 7) is 0. The Morgan fingerprint density at radius 2 is 2.06 bits per heavy atom. The van der Waals surface area contributed by atoms with E-state index in [0.29, 0.717) is 10.5 Å². The van der Waals surface area contributed by atoms with Crippen LogP contribution in [0.3, 0.4) is 0 Å². The Morgan fingerprint density at radius 1 is 1.35 bits per heavy atom. The van der Waals surface area contributed by atoms with E-state index < -0.39 is 5.97 Å². The number of hydrogen-bond acceptors (Lipinski definition) is 3. The quantitative estimate of drug-likeness (QED) is 0.697. The van der Waals surface area contributed by atoms with Crippen molar-refractivity contribution in [1.29, 1.82) is 0 Å². The van der Waals surface area contributed by atoms with Gasteiger partial charge in [-0.3, -0.25) is 0 Å². The minimum absolute atomic E-state index is 0.188. The van der Waals surface area contributed by atoms with Gasteiger partial charge in [-0.15, -0.1) is 0 Å². The first-order chi connectivity index (χ1) is 8.02. The molecule has 0 saturated carbocycles. The number of pyridine rings is 1. The van der Waals surface area contributed by atoms with Gasteiger partial charge in [0.25, 0.3) is 0 Å². The van der Waals surface area contributed by atoms with Crippen molar-refractivity contribution in [3.8, 4) is 0 Å². The number of nitrogens with zero attached hydrogens (tertiary/aromatic N) is 1. The summed E-state index contributed by atoms with van der Waals surface area (Å²) in [5, 5.41) is 1.22. The van der Waals surface area contributed by atoms with Crippen LogP contribution >= 0.6 is 43.5 Å². The fourth-order valence-corrected chi connectivity index (χ4v) is 2.98. The van der Waals surface area contributed by atoms with Crippen molar-refractivity contribution in [3.63, 3.8) is 0 Å². The largest absolute Gasteiger partial charge is 0.464 e. The third-order valence-corrected chi connectivity index (χ3v) is 3.55. The van der Waals surface area contributed by atoms with E-state index in [-0.39, 0.29) is 5.69 Å². The lowest BCUT2D eigenvalue weighted by Crippen LogP contribution is -2.04. The maximum Gasteiger partial charge on any atom is 0.356 e. The number of benzene rings is 1. The highest BCUT2D eigenvalue weighted by molar-refractivity contribution is 9.11. The molecule has 0 aliphatic heterocycles. The van der Waals surface area contributed by atoms with Crippen LogP contribution in [-0.4, -0.2) is 18.1 Å². The number of aromatic nitrogens is 1. The van der Waals surface area contributed by atoms with Crippen molar-refractivity contribution in [3.05, 3.63) is 37.9 Å². The molecule has 88 valence electrons. The molecule has 17 heavy (non-hydrogen) atoms. The van der Waals surface area contributed by atoms with Crippen LogP contribution in [0.25, 0.3) is 10.9 Å². The average Bonchev–Trinajstić information content (AvgIpc) is 2.29. The summed E-state index contributed by atoms with van der Waals surface area (Å²) in [6.07, 6.45) is 0. The van der Waals surface area contributed by atoms with Crippen molar-refractivity contribution in [2.45, 2.75) is 0 Å². The maximum atomic E-state index is 11.4. The van der Waals surface area contributed by atoms with Crippen molar-refractivity contribution in [2.24, 2.45) is 0 Å². The number of carbonyl (C=O) groups excluding carboxylic acids is 1. The van der Waals surface area contributed by atoms with Gasteiger partial charge in [0.15, 0.2) is 5.69 Å². The molecule has 0 radical (unpaired) electrons. The molecular formula is C11H6Br2ClNO2. The van der Waals surface area contributed by atoms with E-state index in [0.717, 1.165) is 14.3 Å². The van der Waals surface area contributed by atoms with Gasteiger partial charge in [-0.1, -0.05) is 27.5 Å². The molecule has 0 aliphatic carbocycles. The molecule has 0 aliphatic rings. The molecule has 0 fully saturated rings. The van der Waals surface area contributed by atoms with E-state index in [1.165, 1.54) is 13.2 Å². The Labute approximate surface area is 119 Å². The van der Waals surface area contributed by atoms with Crippen molar-refractivity contribution in [1.82, 2.24) is 4.98 Å². The minimum atomic E-state index is -0.511. The predicted molar refractivity (Wildman–Crippen MR) is 73.5 cm³/mol. The van der Waals surface area contributed by atoms with Gasteiger partial charge < -0.3 is 4.74 Å². The van der Waals surface area contributed by atoms with Crippen LogP contribution in [0, 0.1) is 0 Å². The van der Waals surface area contributed by atoms with E-state index in [2.05, 4.69) is 41.6 Å². The van der Waals surface area contributed by atoms with Gasteiger partial charge in [0, 0.05) is 14.3 Å². The molecule has 2 rings (SSSR count). The normalized spacial score (nSPS) is 10.6. The summed E-state index contributed by atoms with van der Waals surface area (Å²) in [4.78, 5) is 15.6. The molecule has 2 aromatic rings. The van der Waals surface area contributed by atoms with E-state index in [9.17, 15) is 4.79 Å². The molecule has 0 unspecified atom stereocenters. The lowest BCUT2D eigenvalue weighted by Gasteiger charge is -2.06. The Bertz CT molecular complexity index is 616. The van der Waals surface area contributed by atoms with E-state index in [1.807, 2.05) is 12.1 Å². The van der Waals surface area contributed by atoms with Gasteiger partial charge in [0.2, 0.25) is 0 Å². The molecule has 0 bridgehead atoms. The Kier molecular flexibility index (Phi) is 3.70. The number of fused-ring (bicyclic) bond motifs is 1. The summed E-state index contributed by atoms with van der Waals surface area (Å²) in [5.41, 5.74) is 0.814. The fraction of sp³-hybridized carbons (Fsp3) is 0.0909. The molecule has 1 aromatic carbocycles. The summed E-state index contributed by atoms with van der Waals surface area (Å²) < 4.78 is 6.26. The Balaban J connectivity index is 2.77. The van der Waals surface area contributed by atoms with Gasteiger partial charge in [-0.05, 0) is 34.1 Å². The molecule has 0 saturated heterocycles. The molecule has 1 aromatic heterocycles. The highest BCUT2D eigenvalue weighted by atomic mass is 79.9. The standard InChI is InChI=1S/C11H6Br2ClNO2/c1-17-11(16)9-4-8(14)6-2-5(12)3-7(13)10(6)15-9/h2-4H,1H3. The zero-order valence-electron chi connectivity index (χ0n) is 8.63. The fourth-order valence-electron chi connectivity index (χ4n) is 1.42. The maximum absolute atomic E-state index is 11.4. The van der Waals surface area contributed by atoms with Gasteiger partial charge in [-0.25, -0.2) is 9.78 Å². The third kappa shape index (κ3) is 2.46. The number of halogens is 3. The summed E-state index contributed by atoms with van der Waals surface area (Å²) in [5.74, 6) is -0.511. The monoisotopic (exact) mass is 377 g/mol. The molecule has 6 heteroatoms. The van der Waals surface area contributed by atoms with Crippen molar-refractivity contribution < 1.29 is 9.53 Å². The molecule has 3 nitrogen and oxygen atoms in total. The second-order valence-corrected chi connectivity index (χ2v) is 5.44. The predicted octanol–water partition coefficient (Wildman–Crippen LogP) is 4.20. The zero-order valence-corrected chi connectivity index (χ0v) is 12.6. The molecule has 0 N–H and O–H groups in total. The number of carbonyl (C=O) groups is 1. The average molecular weight is 379 g/mol. The zero-order chi connectivity index (χ0) is 12.6. The SMILES string of the molecule is COC(=O)c1cc(Cl)c2cc(Br)cc(Br)c2n1. The third-order valence-electron chi connectivity index (χ3n) is 2.18. The van der Waals surface area contributed by atoms with Crippen LogP contribution in [0.1, 0.15) is 10.5 Å². The number of ether oxygens (including phenoxy) is 1. The number of rotatable bonds is 1. The first-order valence-corrected chi connectivity index (χ1v) is 6.53. The van der Waals surface area contributed by atoms with Gasteiger partial charge in [0.1, 0.15) is 0 Å². The van der Waals surface area contributed by atoms with E-state index in [1.54, 1.807) is 0 Å². The van der Waals surface area contributed by atoms with Gasteiger partial charge in [0.05, 0.1) is 17.6 Å². The first kappa shape index (κ1) is 12.8. The molecule has 0 atom stereocenters. The van der Waals surface area contributed by atoms with Crippen LogP contribution in [-0.2, 0) is 4.74 Å². The molecule has 0 spiro atoms. The Morgan fingerprint density at radius 3 is 2.71 bits per heavy atom. The summed E-state index contributed by atoms with van der Waals surface area (Å²) in [7, 11) is 1.30. The van der Waals surface area contributed by atoms with E-state index in [4.69, 9.17) is 11.6 Å². The van der Waals surface area contributed by atoms with Crippen LogP contribution in [0.5, 0.6) is 0 Å². The van der Waals surface area contributed by atoms with Crippen molar-refractivity contribution in [2.75, 3.05) is 7.11 Å². The second-order valence-electron chi connectivity index (χ2n) is 3.26. The molecular weight excluding hydrogens is 373 g/mol. The second kappa shape index (κ2) is 4.92. The lowest BCUT2D eigenvalue weighted by atomic mass is 10.2.